The molecule has 0 fully saturated rings. The number of furan rings is 1. The number of carbonyl (C=O) groups excluding carboxylic acids is 1. The third-order valence-corrected chi connectivity index (χ3v) is 4.76. The lowest BCUT2D eigenvalue weighted by Gasteiger charge is -2.08. The van der Waals surface area contributed by atoms with E-state index in [4.69, 9.17) is 21.1 Å². The number of carbonyl (C=O) groups is 1. The second kappa shape index (κ2) is 7.46. The Morgan fingerprint density at radius 3 is 2.37 bits per heavy atom. The molecule has 2 N–H and O–H groups in total. The Bertz CT molecular complexity index is 1320. The van der Waals surface area contributed by atoms with Crippen LogP contribution in [0.25, 0.3) is 33.5 Å². The zero-order chi connectivity index (χ0) is 20.5. The molecule has 5 rings (SSSR count). The summed E-state index contributed by atoms with van der Waals surface area (Å²) in [5.41, 5.74) is 3.77. The molecule has 0 unspecified atom stereocenters. The van der Waals surface area contributed by atoms with E-state index in [1.807, 2.05) is 66.7 Å². The van der Waals surface area contributed by atoms with Gasteiger partial charge in [0.15, 0.2) is 16.5 Å². The number of anilines is 1. The molecule has 0 spiro atoms. The summed E-state index contributed by atoms with van der Waals surface area (Å²) in [4.78, 5) is 16.9. The standard InChI is InChI=1S/C23H15N3O3S/c27-21(20-13-15-5-1-3-7-18(15)28-20)26-23(30)24-16-11-9-14(10-12-16)22-25-17-6-2-4-8-19(17)29-22/h1-13H,(H2,24,26,27,30). The van der Waals surface area contributed by atoms with Gasteiger partial charge in [0.05, 0.1) is 0 Å². The number of fused-ring (bicyclic) bond motifs is 2. The highest BCUT2D eigenvalue weighted by atomic mass is 32.1. The molecule has 30 heavy (non-hydrogen) atoms. The zero-order valence-electron chi connectivity index (χ0n) is 15.6. The molecule has 0 atom stereocenters. The molecule has 146 valence electrons. The van der Waals surface area contributed by atoms with Gasteiger partial charge in [0.2, 0.25) is 5.89 Å². The number of hydrogen-bond acceptors (Lipinski definition) is 5. The van der Waals surface area contributed by atoms with Gasteiger partial charge in [-0.25, -0.2) is 4.98 Å². The summed E-state index contributed by atoms with van der Waals surface area (Å²) in [7, 11) is 0. The van der Waals surface area contributed by atoms with Gasteiger partial charge in [-0.3, -0.25) is 10.1 Å². The van der Waals surface area contributed by atoms with E-state index in [2.05, 4.69) is 15.6 Å². The molecule has 1 amide bonds. The molecule has 5 aromatic rings. The Morgan fingerprint density at radius 1 is 0.867 bits per heavy atom. The maximum atomic E-state index is 12.4. The van der Waals surface area contributed by atoms with Crippen LogP contribution in [-0.2, 0) is 0 Å². The number of rotatable bonds is 3. The van der Waals surface area contributed by atoms with Crippen molar-refractivity contribution in [1.29, 1.82) is 0 Å². The molecule has 6 nitrogen and oxygen atoms in total. The summed E-state index contributed by atoms with van der Waals surface area (Å²) >= 11 is 5.25. The average molecular weight is 413 g/mol. The van der Waals surface area contributed by atoms with Crippen molar-refractivity contribution >= 4 is 51.0 Å². The van der Waals surface area contributed by atoms with Crippen molar-refractivity contribution in [2.75, 3.05) is 5.32 Å². The first-order valence-electron chi connectivity index (χ1n) is 9.23. The fourth-order valence-corrected chi connectivity index (χ4v) is 3.32. The van der Waals surface area contributed by atoms with Crippen LogP contribution in [0.2, 0.25) is 0 Å². The largest absolute Gasteiger partial charge is 0.451 e. The van der Waals surface area contributed by atoms with Gasteiger partial charge in [-0.2, -0.15) is 0 Å². The Kier molecular flexibility index (Phi) is 4.49. The molecule has 2 heterocycles. The first kappa shape index (κ1) is 18.1. The lowest BCUT2D eigenvalue weighted by molar-refractivity contribution is 0.0953. The molecular weight excluding hydrogens is 398 g/mol. The summed E-state index contributed by atoms with van der Waals surface area (Å²) in [5, 5.41) is 6.65. The van der Waals surface area contributed by atoms with Gasteiger partial charge < -0.3 is 14.2 Å². The quantitative estimate of drug-likeness (QED) is 0.387. The van der Waals surface area contributed by atoms with Crippen LogP contribution in [0, 0.1) is 0 Å². The van der Waals surface area contributed by atoms with Crippen molar-refractivity contribution < 1.29 is 13.6 Å². The fourth-order valence-electron chi connectivity index (χ4n) is 3.11. The summed E-state index contributed by atoms with van der Waals surface area (Å²) in [6.45, 7) is 0. The Morgan fingerprint density at radius 2 is 1.60 bits per heavy atom. The zero-order valence-corrected chi connectivity index (χ0v) is 16.4. The Hall–Kier alpha value is -3.97. The number of amides is 1. The summed E-state index contributed by atoms with van der Waals surface area (Å²) in [5.74, 6) is 0.335. The van der Waals surface area contributed by atoms with E-state index >= 15 is 0 Å². The number of benzene rings is 3. The van der Waals surface area contributed by atoms with E-state index in [1.54, 1.807) is 12.1 Å². The smallest absolute Gasteiger partial charge is 0.293 e. The van der Waals surface area contributed by atoms with Crippen LogP contribution >= 0.6 is 12.2 Å². The molecule has 0 saturated carbocycles. The molecule has 0 aliphatic heterocycles. The van der Waals surface area contributed by atoms with Crippen molar-refractivity contribution in [3.8, 4) is 11.5 Å². The van der Waals surface area contributed by atoms with Gasteiger partial charge in [0.1, 0.15) is 11.1 Å². The van der Waals surface area contributed by atoms with E-state index in [0.717, 1.165) is 27.7 Å². The van der Waals surface area contributed by atoms with Crippen LogP contribution < -0.4 is 10.6 Å². The third kappa shape index (κ3) is 3.54. The molecule has 3 aromatic carbocycles. The molecule has 0 saturated heterocycles. The first-order valence-corrected chi connectivity index (χ1v) is 9.63. The SMILES string of the molecule is O=C(NC(=S)Nc1ccc(-c2nc3ccccc3o2)cc1)c1cc2ccccc2o1. The summed E-state index contributed by atoms with van der Waals surface area (Å²) < 4.78 is 11.3. The lowest BCUT2D eigenvalue weighted by Crippen LogP contribution is -2.33. The normalized spacial score (nSPS) is 10.9. The minimum atomic E-state index is -0.410. The number of para-hydroxylation sites is 3. The highest BCUT2D eigenvalue weighted by Gasteiger charge is 2.14. The van der Waals surface area contributed by atoms with Gasteiger partial charge in [0.25, 0.3) is 5.91 Å². The van der Waals surface area contributed by atoms with E-state index < -0.39 is 5.91 Å². The topological polar surface area (TPSA) is 80.3 Å². The van der Waals surface area contributed by atoms with E-state index in [0.29, 0.717) is 11.5 Å². The molecule has 0 aliphatic rings. The van der Waals surface area contributed by atoms with Crippen molar-refractivity contribution in [2.24, 2.45) is 0 Å². The van der Waals surface area contributed by atoms with Crippen LogP contribution in [0.15, 0.2) is 87.7 Å². The maximum Gasteiger partial charge on any atom is 0.293 e. The van der Waals surface area contributed by atoms with Gasteiger partial charge >= 0.3 is 0 Å². The van der Waals surface area contributed by atoms with Crippen molar-refractivity contribution in [1.82, 2.24) is 10.3 Å². The van der Waals surface area contributed by atoms with Gasteiger partial charge in [-0.15, -0.1) is 0 Å². The second-order valence-corrected chi connectivity index (χ2v) is 7.03. The molecule has 2 aromatic heterocycles. The molecule has 7 heteroatoms. The Balaban J connectivity index is 1.26. The number of nitrogens with zero attached hydrogens (tertiary/aromatic N) is 1. The highest BCUT2D eigenvalue weighted by Crippen LogP contribution is 2.25. The van der Waals surface area contributed by atoms with Crippen LogP contribution in [-0.4, -0.2) is 16.0 Å². The third-order valence-electron chi connectivity index (χ3n) is 4.56. The second-order valence-electron chi connectivity index (χ2n) is 6.62. The van der Waals surface area contributed by atoms with Gasteiger partial charge in [0, 0.05) is 16.6 Å². The first-order chi connectivity index (χ1) is 14.7. The molecular formula is C23H15N3O3S. The van der Waals surface area contributed by atoms with Crippen molar-refractivity contribution in [2.45, 2.75) is 0 Å². The predicted octanol–water partition coefficient (Wildman–Crippen LogP) is 5.37. The van der Waals surface area contributed by atoms with Crippen LogP contribution in [0.1, 0.15) is 10.6 Å². The number of nitrogens with one attached hydrogen (secondary N) is 2. The number of aromatic nitrogens is 1. The van der Waals surface area contributed by atoms with E-state index in [-0.39, 0.29) is 10.9 Å². The minimum Gasteiger partial charge on any atom is -0.451 e. The summed E-state index contributed by atoms with van der Waals surface area (Å²) in [6.07, 6.45) is 0. The lowest BCUT2D eigenvalue weighted by atomic mass is 10.2. The predicted molar refractivity (Wildman–Crippen MR) is 119 cm³/mol. The number of hydrogen-bond donors (Lipinski definition) is 2. The minimum absolute atomic E-state index is 0.176. The maximum absolute atomic E-state index is 12.4. The molecule has 0 bridgehead atoms. The van der Waals surface area contributed by atoms with Crippen LogP contribution in [0.5, 0.6) is 0 Å². The van der Waals surface area contributed by atoms with Gasteiger partial charge in [-0.1, -0.05) is 30.3 Å². The van der Waals surface area contributed by atoms with E-state index in [1.165, 1.54) is 0 Å². The van der Waals surface area contributed by atoms with Crippen molar-refractivity contribution in [3.63, 3.8) is 0 Å². The highest BCUT2D eigenvalue weighted by molar-refractivity contribution is 7.80. The molecule has 0 aliphatic carbocycles. The monoisotopic (exact) mass is 413 g/mol. The Labute approximate surface area is 176 Å². The van der Waals surface area contributed by atoms with E-state index in [9.17, 15) is 4.79 Å². The van der Waals surface area contributed by atoms with Crippen molar-refractivity contribution in [3.05, 3.63) is 84.6 Å². The van der Waals surface area contributed by atoms with Crippen LogP contribution in [0.3, 0.4) is 0 Å². The van der Waals surface area contributed by atoms with Gasteiger partial charge in [-0.05, 0) is 60.7 Å². The molecule has 0 radical (unpaired) electrons. The average Bonchev–Trinajstić information content (AvgIpc) is 3.38. The number of oxazole rings is 1. The van der Waals surface area contributed by atoms with Crippen LogP contribution in [0.4, 0.5) is 5.69 Å². The number of thiocarbonyl (C=S) groups is 1. The fraction of sp³-hybridized carbons (Fsp3) is 0. The summed E-state index contributed by atoms with van der Waals surface area (Å²) in [6, 6.07) is 24.1.